The Morgan fingerprint density at radius 3 is 2.75 bits per heavy atom. The smallest absolute Gasteiger partial charge is 0.230 e. The van der Waals surface area contributed by atoms with E-state index in [-0.39, 0.29) is 17.7 Å². The first kappa shape index (κ1) is 11.3. The van der Waals surface area contributed by atoms with Gasteiger partial charge in [-0.05, 0) is 31.4 Å². The summed E-state index contributed by atoms with van der Waals surface area (Å²) in [5.74, 6) is -0.273. The van der Waals surface area contributed by atoms with Crippen molar-refractivity contribution in [1.82, 2.24) is 5.32 Å². The topological polar surface area (TPSA) is 46.2 Å². The van der Waals surface area contributed by atoms with Crippen LogP contribution in [0.3, 0.4) is 0 Å². The fraction of sp³-hybridized carbons (Fsp3) is 0.500. The van der Waals surface area contributed by atoms with E-state index in [4.69, 9.17) is 0 Å². The first-order valence-electron chi connectivity index (χ1n) is 5.60. The maximum Gasteiger partial charge on any atom is 0.230 e. The molecule has 0 radical (unpaired) electrons. The van der Waals surface area contributed by atoms with Crippen LogP contribution in [-0.4, -0.2) is 11.8 Å². The largest absolute Gasteiger partial charge is 0.296 e. The summed E-state index contributed by atoms with van der Waals surface area (Å²) in [6.45, 7) is 2.13. The maximum atomic E-state index is 11.6. The molecule has 0 aromatic carbocycles. The Balaban J connectivity index is 1.99. The summed E-state index contributed by atoms with van der Waals surface area (Å²) in [4.78, 5) is 25.1. The van der Waals surface area contributed by atoms with Gasteiger partial charge in [0.2, 0.25) is 11.8 Å². The molecule has 0 saturated carbocycles. The van der Waals surface area contributed by atoms with Crippen LogP contribution in [-0.2, 0) is 22.4 Å². The van der Waals surface area contributed by atoms with E-state index in [2.05, 4.69) is 24.4 Å². The van der Waals surface area contributed by atoms with Gasteiger partial charge in [-0.1, -0.05) is 6.92 Å². The summed E-state index contributed by atoms with van der Waals surface area (Å²) in [5.41, 5.74) is 0. The Morgan fingerprint density at radius 2 is 2.12 bits per heavy atom. The Morgan fingerprint density at radius 1 is 1.38 bits per heavy atom. The number of carbonyl (C=O) groups is 2. The van der Waals surface area contributed by atoms with Crippen LogP contribution in [0.15, 0.2) is 12.1 Å². The lowest BCUT2D eigenvalue weighted by Crippen LogP contribution is -2.41. The number of rotatable bonds is 3. The number of aryl methyl sites for hydroxylation is 1. The van der Waals surface area contributed by atoms with Gasteiger partial charge in [-0.15, -0.1) is 11.3 Å². The van der Waals surface area contributed by atoms with Crippen molar-refractivity contribution in [1.29, 1.82) is 0 Å². The minimum atomic E-state index is -0.137. The van der Waals surface area contributed by atoms with Gasteiger partial charge in [-0.3, -0.25) is 14.9 Å². The molecule has 4 heteroatoms. The lowest BCUT2D eigenvalue weighted by molar-refractivity contribution is -0.136. The molecule has 2 heterocycles. The van der Waals surface area contributed by atoms with Crippen molar-refractivity contribution >= 4 is 23.2 Å². The Hall–Kier alpha value is -1.16. The number of nitrogens with one attached hydrogen (secondary N) is 1. The number of imide groups is 1. The molecule has 1 aromatic rings. The van der Waals surface area contributed by atoms with Gasteiger partial charge in [0.05, 0.1) is 0 Å². The average Bonchev–Trinajstić information content (AvgIpc) is 2.70. The highest BCUT2D eigenvalue weighted by Crippen LogP contribution is 2.23. The van der Waals surface area contributed by atoms with E-state index in [1.165, 1.54) is 9.75 Å². The molecular weight excluding hydrogens is 222 g/mol. The molecule has 16 heavy (non-hydrogen) atoms. The van der Waals surface area contributed by atoms with Crippen LogP contribution < -0.4 is 5.32 Å². The summed E-state index contributed by atoms with van der Waals surface area (Å²) in [7, 11) is 0. The molecule has 3 nitrogen and oxygen atoms in total. The molecule has 1 aliphatic rings. The van der Waals surface area contributed by atoms with E-state index in [1.54, 1.807) is 11.3 Å². The van der Waals surface area contributed by atoms with Crippen LogP contribution in [0.2, 0.25) is 0 Å². The van der Waals surface area contributed by atoms with Crippen molar-refractivity contribution in [2.24, 2.45) is 5.92 Å². The maximum absolute atomic E-state index is 11.6. The molecule has 0 spiro atoms. The van der Waals surface area contributed by atoms with E-state index in [9.17, 15) is 9.59 Å². The van der Waals surface area contributed by atoms with Crippen molar-refractivity contribution < 1.29 is 9.59 Å². The summed E-state index contributed by atoms with van der Waals surface area (Å²) in [6.07, 6.45) is 2.97. The second kappa shape index (κ2) is 4.78. The van der Waals surface area contributed by atoms with Crippen molar-refractivity contribution in [3.05, 3.63) is 21.9 Å². The summed E-state index contributed by atoms with van der Waals surface area (Å²) < 4.78 is 0. The lowest BCUT2D eigenvalue weighted by Gasteiger charge is -2.19. The van der Waals surface area contributed by atoms with Crippen molar-refractivity contribution in [2.75, 3.05) is 0 Å². The van der Waals surface area contributed by atoms with Crippen molar-refractivity contribution in [2.45, 2.75) is 32.6 Å². The first-order chi connectivity index (χ1) is 7.69. The Kier molecular flexibility index (Phi) is 3.39. The lowest BCUT2D eigenvalue weighted by atomic mass is 9.94. The molecule has 0 aliphatic carbocycles. The van der Waals surface area contributed by atoms with E-state index in [0.717, 1.165) is 12.8 Å². The Bertz CT molecular complexity index is 411. The van der Waals surface area contributed by atoms with Crippen LogP contribution in [0.25, 0.3) is 0 Å². The second-order valence-electron chi connectivity index (χ2n) is 4.07. The van der Waals surface area contributed by atoms with Crippen molar-refractivity contribution in [3.63, 3.8) is 0 Å². The highest BCUT2D eigenvalue weighted by molar-refractivity contribution is 7.12. The summed E-state index contributed by atoms with van der Waals surface area (Å²) in [6, 6.07) is 4.21. The third kappa shape index (κ3) is 2.50. The highest BCUT2D eigenvalue weighted by Gasteiger charge is 2.26. The molecule has 1 unspecified atom stereocenters. The fourth-order valence-corrected chi connectivity index (χ4v) is 2.94. The number of hydrogen-bond donors (Lipinski definition) is 1. The number of piperidine rings is 1. The Labute approximate surface area is 98.9 Å². The van der Waals surface area contributed by atoms with E-state index < -0.39 is 0 Å². The molecule has 1 N–H and O–H groups in total. The van der Waals surface area contributed by atoms with Gasteiger partial charge in [0, 0.05) is 22.1 Å². The third-order valence-electron chi connectivity index (χ3n) is 2.87. The third-order valence-corrected chi connectivity index (χ3v) is 4.12. The van der Waals surface area contributed by atoms with Gasteiger partial charge in [-0.25, -0.2) is 0 Å². The molecule has 1 saturated heterocycles. The molecule has 1 atom stereocenters. The molecule has 2 amide bonds. The quantitative estimate of drug-likeness (QED) is 0.816. The minimum Gasteiger partial charge on any atom is -0.296 e. The molecule has 0 bridgehead atoms. The molecule has 1 aliphatic heterocycles. The summed E-state index contributed by atoms with van der Waals surface area (Å²) in [5, 5.41) is 2.40. The van der Waals surface area contributed by atoms with Gasteiger partial charge in [0.1, 0.15) is 0 Å². The van der Waals surface area contributed by atoms with Crippen LogP contribution in [0.4, 0.5) is 0 Å². The van der Waals surface area contributed by atoms with E-state index >= 15 is 0 Å². The summed E-state index contributed by atoms with van der Waals surface area (Å²) >= 11 is 1.76. The molecule has 86 valence electrons. The number of carbonyl (C=O) groups excluding carboxylic acids is 2. The van der Waals surface area contributed by atoms with Crippen LogP contribution >= 0.6 is 11.3 Å². The number of amides is 2. The highest BCUT2D eigenvalue weighted by atomic mass is 32.1. The van der Waals surface area contributed by atoms with Gasteiger partial charge >= 0.3 is 0 Å². The molecular formula is C12H15NO2S. The van der Waals surface area contributed by atoms with Crippen LogP contribution in [0.1, 0.15) is 29.5 Å². The number of thiophene rings is 1. The van der Waals surface area contributed by atoms with E-state index in [1.807, 2.05) is 0 Å². The SMILES string of the molecule is CCc1ccc(CC2CCC(=O)NC2=O)s1. The monoisotopic (exact) mass is 237 g/mol. The molecule has 1 aromatic heterocycles. The van der Waals surface area contributed by atoms with E-state index in [0.29, 0.717) is 12.8 Å². The second-order valence-corrected chi connectivity index (χ2v) is 5.33. The van der Waals surface area contributed by atoms with Gasteiger partial charge in [0.25, 0.3) is 0 Å². The predicted molar refractivity (Wildman–Crippen MR) is 63.3 cm³/mol. The molecule has 1 fully saturated rings. The predicted octanol–water partition coefficient (Wildman–Crippen LogP) is 1.91. The molecule has 2 rings (SSSR count). The van der Waals surface area contributed by atoms with Gasteiger partial charge < -0.3 is 0 Å². The number of hydrogen-bond acceptors (Lipinski definition) is 3. The fourth-order valence-electron chi connectivity index (χ4n) is 1.90. The minimum absolute atomic E-state index is 0.0268. The first-order valence-corrected chi connectivity index (χ1v) is 6.42. The van der Waals surface area contributed by atoms with Gasteiger partial charge in [0.15, 0.2) is 0 Å². The normalized spacial score (nSPS) is 20.9. The zero-order valence-corrected chi connectivity index (χ0v) is 10.1. The average molecular weight is 237 g/mol. The standard InChI is InChI=1S/C12H15NO2S/c1-2-9-4-5-10(16-9)7-8-3-6-11(14)13-12(8)15/h4-5,8H,2-3,6-7H2,1H3,(H,13,14,15). The zero-order chi connectivity index (χ0) is 11.5. The van der Waals surface area contributed by atoms with Crippen LogP contribution in [0.5, 0.6) is 0 Å². The van der Waals surface area contributed by atoms with Crippen LogP contribution in [0, 0.1) is 5.92 Å². The van der Waals surface area contributed by atoms with Gasteiger partial charge in [-0.2, -0.15) is 0 Å². The van der Waals surface area contributed by atoms with Crippen molar-refractivity contribution in [3.8, 4) is 0 Å². The zero-order valence-electron chi connectivity index (χ0n) is 9.29.